The Labute approximate surface area is 163 Å². The molecule has 0 saturated heterocycles. The molecule has 0 heterocycles. The molecule has 2 rings (SSSR count). The van der Waals surface area contributed by atoms with Gasteiger partial charge in [-0.3, -0.25) is 4.79 Å². The number of carbonyl (C=O) groups is 1. The van der Waals surface area contributed by atoms with Crippen LogP contribution in [0.15, 0.2) is 45.3 Å². The Balaban J connectivity index is 1.86. The molecule has 0 aromatic heterocycles. The summed E-state index contributed by atoms with van der Waals surface area (Å²) in [6.07, 6.45) is 0. The molecule has 1 amide bonds. The molecule has 0 spiro atoms. The van der Waals surface area contributed by atoms with Crippen molar-refractivity contribution in [2.45, 2.75) is 6.92 Å². The molecule has 0 aliphatic carbocycles. The monoisotopic (exact) mass is 471 g/mol. The van der Waals surface area contributed by atoms with Crippen LogP contribution in [0.25, 0.3) is 0 Å². The molecule has 0 saturated carbocycles. The van der Waals surface area contributed by atoms with E-state index in [0.717, 1.165) is 20.3 Å². The number of anilines is 1. The predicted molar refractivity (Wildman–Crippen MR) is 105 cm³/mol. The number of benzene rings is 2. The average Bonchev–Trinajstić information content (AvgIpc) is 2.55. The number of nitrogens with one attached hydrogen (secondary N) is 1. The average molecular weight is 473 g/mol. The molecule has 25 heavy (non-hydrogen) atoms. The summed E-state index contributed by atoms with van der Waals surface area (Å²) >= 11 is 6.85. The molecule has 0 unspecified atom stereocenters. The Morgan fingerprint density at radius 3 is 2.44 bits per heavy atom. The first-order valence-electron chi connectivity index (χ1n) is 7.59. The van der Waals surface area contributed by atoms with Crippen LogP contribution in [0.4, 0.5) is 5.69 Å². The van der Waals surface area contributed by atoms with Crippen molar-refractivity contribution in [2.75, 3.05) is 32.2 Å². The summed E-state index contributed by atoms with van der Waals surface area (Å²) in [6, 6.07) is 11.0. The van der Waals surface area contributed by atoms with Crippen LogP contribution in [0.5, 0.6) is 11.5 Å². The fourth-order valence-corrected chi connectivity index (χ4v) is 3.64. The number of aryl methyl sites for hydroxylation is 1. The third-order valence-electron chi connectivity index (χ3n) is 3.24. The molecule has 0 aliphatic rings. The highest BCUT2D eigenvalue weighted by Crippen LogP contribution is 2.32. The van der Waals surface area contributed by atoms with E-state index in [0.29, 0.717) is 24.7 Å². The largest absolute Gasteiger partial charge is 0.491 e. The van der Waals surface area contributed by atoms with Crippen LogP contribution in [0, 0.1) is 6.92 Å². The number of halogens is 2. The van der Waals surface area contributed by atoms with E-state index >= 15 is 0 Å². The number of carbonyl (C=O) groups excluding carboxylic acids is 1. The van der Waals surface area contributed by atoms with E-state index in [2.05, 4.69) is 37.2 Å². The first-order valence-corrected chi connectivity index (χ1v) is 9.18. The second-order valence-corrected chi connectivity index (χ2v) is 7.01. The number of amides is 1. The Kier molecular flexibility index (Phi) is 7.74. The summed E-state index contributed by atoms with van der Waals surface area (Å²) in [5, 5.41) is 2.79. The Bertz CT molecular complexity index is 697. The molecule has 0 radical (unpaired) electrons. The van der Waals surface area contributed by atoms with Gasteiger partial charge in [0.25, 0.3) is 5.91 Å². The van der Waals surface area contributed by atoms with Crippen molar-refractivity contribution in [3.63, 3.8) is 0 Å². The minimum atomic E-state index is -0.234. The molecule has 7 heteroatoms. The lowest BCUT2D eigenvalue weighted by molar-refractivity contribution is -0.118. The number of hydrogen-bond donors (Lipinski definition) is 1. The zero-order valence-electron chi connectivity index (χ0n) is 14.0. The van der Waals surface area contributed by atoms with Crippen LogP contribution < -0.4 is 14.8 Å². The van der Waals surface area contributed by atoms with Gasteiger partial charge in [0.2, 0.25) is 0 Å². The number of rotatable bonds is 8. The molecule has 134 valence electrons. The third-order valence-corrected chi connectivity index (χ3v) is 4.28. The second kappa shape index (κ2) is 9.79. The van der Waals surface area contributed by atoms with Crippen molar-refractivity contribution >= 4 is 43.5 Å². The van der Waals surface area contributed by atoms with Crippen LogP contribution in [-0.4, -0.2) is 32.8 Å². The normalized spacial score (nSPS) is 10.4. The van der Waals surface area contributed by atoms with E-state index in [4.69, 9.17) is 14.2 Å². The van der Waals surface area contributed by atoms with Gasteiger partial charge in [-0.25, -0.2) is 0 Å². The summed E-state index contributed by atoms with van der Waals surface area (Å²) < 4.78 is 17.8. The van der Waals surface area contributed by atoms with Crippen LogP contribution in [-0.2, 0) is 9.53 Å². The molecule has 5 nitrogen and oxygen atoms in total. The summed E-state index contributed by atoms with van der Waals surface area (Å²) in [5.41, 5.74) is 1.62. The maximum absolute atomic E-state index is 12.1. The summed E-state index contributed by atoms with van der Waals surface area (Å²) in [7, 11) is 1.62. The second-order valence-electron chi connectivity index (χ2n) is 5.24. The van der Waals surface area contributed by atoms with Gasteiger partial charge in [-0.15, -0.1) is 0 Å². The molecular weight excluding hydrogens is 454 g/mol. The van der Waals surface area contributed by atoms with Crippen LogP contribution >= 0.6 is 31.9 Å². The van der Waals surface area contributed by atoms with Gasteiger partial charge in [0.1, 0.15) is 18.1 Å². The molecule has 1 N–H and O–H groups in total. The first-order chi connectivity index (χ1) is 12.0. The highest BCUT2D eigenvalue weighted by atomic mass is 79.9. The quantitative estimate of drug-likeness (QED) is 0.572. The summed E-state index contributed by atoms with van der Waals surface area (Å²) in [5.74, 6) is 1.14. The van der Waals surface area contributed by atoms with Gasteiger partial charge >= 0.3 is 0 Å². The molecule has 0 fully saturated rings. The van der Waals surface area contributed by atoms with Gasteiger partial charge in [-0.2, -0.15) is 0 Å². The van der Waals surface area contributed by atoms with Gasteiger partial charge in [0, 0.05) is 17.3 Å². The van der Waals surface area contributed by atoms with Crippen molar-refractivity contribution in [1.82, 2.24) is 0 Å². The lowest BCUT2D eigenvalue weighted by atomic mass is 10.2. The first kappa shape index (κ1) is 19.8. The number of ether oxygens (including phenoxy) is 3. The molecule has 0 aliphatic heterocycles. The van der Waals surface area contributed by atoms with Crippen molar-refractivity contribution < 1.29 is 19.0 Å². The number of hydrogen-bond acceptors (Lipinski definition) is 4. The predicted octanol–water partition coefficient (Wildman–Crippen LogP) is 4.56. The van der Waals surface area contributed by atoms with E-state index in [1.165, 1.54) is 0 Å². The van der Waals surface area contributed by atoms with Crippen LogP contribution in [0.3, 0.4) is 0 Å². The van der Waals surface area contributed by atoms with Crippen LogP contribution in [0.1, 0.15) is 5.56 Å². The van der Waals surface area contributed by atoms with Crippen molar-refractivity contribution in [2.24, 2.45) is 0 Å². The van der Waals surface area contributed by atoms with Gasteiger partial charge < -0.3 is 19.5 Å². The van der Waals surface area contributed by atoms with Crippen LogP contribution in [0.2, 0.25) is 0 Å². The SMILES string of the molecule is COCCOc1ccc(NC(=O)COc2c(C)cc(Br)cc2Br)cc1. The standard InChI is InChI=1S/C18H19Br2NO4/c1-12-9-13(19)10-16(20)18(12)25-11-17(22)21-14-3-5-15(6-4-14)24-8-7-23-2/h3-6,9-10H,7-8,11H2,1-2H3,(H,21,22). The topological polar surface area (TPSA) is 56.8 Å². The van der Waals surface area contributed by atoms with E-state index in [1.54, 1.807) is 31.4 Å². The Morgan fingerprint density at radius 2 is 1.80 bits per heavy atom. The van der Waals surface area contributed by atoms with E-state index in [9.17, 15) is 4.79 Å². The van der Waals surface area contributed by atoms with Crippen molar-refractivity contribution in [1.29, 1.82) is 0 Å². The van der Waals surface area contributed by atoms with E-state index in [1.807, 2.05) is 19.1 Å². The fourth-order valence-electron chi connectivity index (χ4n) is 2.08. The highest BCUT2D eigenvalue weighted by Gasteiger charge is 2.10. The lowest BCUT2D eigenvalue weighted by Gasteiger charge is -2.12. The molecular formula is C18H19Br2NO4. The fraction of sp³-hybridized carbons (Fsp3) is 0.278. The van der Waals surface area contributed by atoms with Gasteiger partial charge in [0.15, 0.2) is 6.61 Å². The smallest absolute Gasteiger partial charge is 0.262 e. The Hall–Kier alpha value is -1.57. The van der Waals surface area contributed by atoms with Gasteiger partial charge in [-0.1, -0.05) is 15.9 Å². The van der Waals surface area contributed by atoms with Gasteiger partial charge in [-0.05, 0) is 64.8 Å². The Morgan fingerprint density at radius 1 is 1.08 bits per heavy atom. The zero-order chi connectivity index (χ0) is 18.2. The van der Waals surface area contributed by atoms with Crippen molar-refractivity contribution in [3.05, 3.63) is 50.9 Å². The molecule has 2 aromatic rings. The maximum atomic E-state index is 12.1. The summed E-state index contributed by atoms with van der Waals surface area (Å²) in [6.45, 7) is 2.86. The minimum Gasteiger partial charge on any atom is -0.491 e. The third kappa shape index (κ3) is 6.34. The lowest BCUT2D eigenvalue weighted by Crippen LogP contribution is -2.20. The molecule has 2 aromatic carbocycles. The van der Waals surface area contributed by atoms with Gasteiger partial charge in [0.05, 0.1) is 11.1 Å². The van der Waals surface area contributed by atoms with Crippen molar-refractivity contribution in [3.8, 4) is 11.5 Å². The number of methoxy groups -OCH3 is 1. The molecule has 0 bridgehead atoms. The summed E-state index contributed by atoms with van der Waals surface area (Å²) in [4.78, 5) is 12.1. The van der Waals surface area contributed by atoms with E-state index in [-0.39, 0.29) is 12.5 Å². The minimum absolute atomic E-state index is 0.0762. The molecule has 0 atom stereocenters. The van der Waals surface area contributed by atoms with E-state index < -0.39 is 0 Å². The zero-order valence-corrected chi connectivity index (χ0v) is 17.1. The maximum Gasteiger partial charge on any atom is 0.262 e. The highest BCUT2D eigenvalue weighted by molar-refractivity contribution is 9.11.